The lowest BCUT2D eigenvalue weighted by Crippen LogP contribution is -2.03. The zero-order valence-electron chi connectivity index (χ0n) is 7.89. The van der Waals surface area contributed by atoms with Crippen LogP contribution < -0.4 is 0 Å². The zero-order valence-corrected chi connectivity index (χ0v) is 8.65. The van der Waals surface area contributed by atoms with Crippen LogP contribution in [0.1, 0.15) is 17.5 Å². The van der Waals surface area contributed by atoms with E-state index in [0.29, 0.717) is 12.3 Å². The predicted octanol–water partition coefficient (Wildman–Crippen LogP) is 4.35. The molecule has 0 aromatic heterocycles. The van der Waals surface area contributed by atoms with Crippen molar-refractivity contribution in [3.05, 3.63) is 41.5 Å². The van der Waals surface area contributed by atoms with Crippen molar-refractivity contribution in [1.82, 2.24) is 0 Å². The molecule has 0 amide bonds. The largest absolute Gasteiger partial charge is 0.416 e. The van der Waals surface area contributed by atoms with E-state index >= 15 is 0 Å². The fraction of sp³-hybridized carbons (Fsp3) is 0.273. The Labute approximate surface area is 91.4 Å². The number of hydrogen-bond donors (Lipinski definition) is 0. The van der Waals surface area contributed by atoms with Gasteiger partial charge in [0, 0.05) is 5.88 Å². The van der Waals surface area contributed by atoms with Crippen molar-refractivity contribution >= 4 is 17.7 Å². The van der Waals surface area contributed by atoms with E-state index in [1.165, 1.54) is 12.1 Å². The summed E-state index contributed by atoms with van der Waals surface area (Å²) in [6, 6.07) is 5.02. The van der Waals surface area contributed by atoms with Gasteiger partial charge < -0.3 is 0 Å². The van der Waals surface area contributed by atoms with Crippen LogP contribution in [0.15, 0.2) is 30.3 Å². The summed E-state index contributed by atoms with van der Waals surface area (Å²) in [4.78, 5) is 0. The van der Waals surface area contributed by atoms with E-state index < -0.39 is 11.7 Å². The molecule has 82 valence electrons. The standard InChI is InChI=1S/C11H10ClF3/c12-8-2-1-3-9-4-6-10(7-5-9)11(13,14)15/h1,3-7H,2,8H2. The summed E-state index contributed by atoms with van der Waals surface area (Å²) in [6.07, 6.45) is 0.0269. The van der Waals surface area contributed by atoms with Gasteiger partial charge in [-0.2, -0.15) is 13.2 Å². The van der Waals surface area contributed by atoms with Crippen LogP contribution in [-0.2, 0) is 6.18 Å². The molecule has 1 aromatic carbocycles. The summed E-state index contributed by atoms with van der Waals surface area (Å²) in [7, 11) is 0. The molecule has 0 saturated carbocycles. The van der Waals surface area contributed by atoms with Crippen LogP contribution in [0.25, 0.3) is 6.08 Å². The van der Waals surface area contributed by atoms with Gasteiger partial charge in [-0.25, -0.2) is 0 Å². The molecular formula is C11H10ClF3. The van der Waals surface area contributed by atoms with Crippen molar-refractivity contribution in [1.29, 1.82) is 0 Å². The lowest BCUT2D eigenvalue weighted by molar-refractivity contribution is -0.137. The molecule has 1 rings (SSSR count). The normalized spacial score (nSPS) is 12.3. The molecule has 0 atom stereocenters. The number of rotatable bonds is 3. The van der Waals surface area contributed by atoms with Crippen molar-refractivity contribution < 1.29 is 13.2 Å². The minimum atomic E-state index is -4.27. The van der Waals surface area contributed by atoms with Gasteiger partial charge in [0.15, 0.2) is 0 Å². The molecule has 0 spiro atoms. The van der Waals surface area contributed by atoms with Gasteiger partial charge >= 0.3 is 6.18 Å². The Morgan fingerprint density at radius 3 is 2.20 bits per heavy atom. The average molecular weight is 235 g/mol. The second-order valence-electron chi connectivity index (χ2n) is 3.00. The SMILES string of the molecule is FC(F)(F)c1ccc(C=CCCCl)cc1. The minimum Gasteiger partial charge on any atom is -0.166 e. The Morgan fingerprint density at radius 1 is 1.13 bits per heavy atom. The molecule has 0 aliphatic heterocycles. The van der Waals surface area contributed by atoms with Crippen molar-refractivity contribution in [2.24, 2.45) is 0 Å². The van der Waals surface area contributed by atoms with Gasteiger partial charge in [0.05, 0.1) is 5.56 Å². The number of benzene rings is 1. The molecule has 0 heterocycles. The lowest BCUT2D eigenvalue weighted by atomic mass is 10.1. The zero-order chi connectivity index (χ0) is 11.3. The quantitative estimate of drug-likeness (QED) is 0.682. The first kappa shape index (κ1) is 12.1. The molecule has 1 aromatic rings. The molecule has 0 saturated heterocycles. The highest BCUT2D eigenvalue weighted by Gasteiger charge is 2.29. The van der Waals surface area contributed by atoms with Crippen LogP contribution in [-0.4, -0.2) is 5.88 Å². The maximum Gasteiger partial charge on any atom is 0.416 e. The number of hydrogen-bond acceptors (Lipinski definition) is 0. The summed E-state index contributed by atoms with van der Waals surface area (Å²) in [5.41, 5.74) is 0.116. The van der Waals surface area contributed by atoms with Crippen molar-refractivity contribution in [3.8, 4) is 0 Å². The van der Waals surface area contributed by atoms with Crippen LogP contribution in [0.2, 0.25) is 0 Å². The van der Waals surface area contributed by atoms with E-state index in [1.807, 2.05) is 6.08 Å². The smallest absolute Gasteiger partial charge is 0.166 e. The predicted molar refractivity (Wildman–Crippen MR) is 55.8 cm³/mol. The highest BCUT2D eigenvalue weighted by Crippen LogP contribution is 2.29. The molecule has 4 heteroatoms. The Kier molecular flexibility index (Phi) is 4.21. The first-order valence-electron chi connectivity index (χ1n) is 4.44. The maximum atomic E-state index is 12.2. The first-order valence-corrected chi connectivity index (χ1v) is 4.97. The fourth-order valence-electron chi connectivity index (χ4n) is 1.07. The molecule has 0 unspecified atom stereocenters. The van der Waals surface area contributed by atoms with E-state index in [-0.39, 0.29) is 0 Å². The summed E-state index contributed by atoms with van der Waals surface area (Å²) in [6.45, 7) is 0. The van der Waals surface area contributed by atoms with Gasteiger partial charge in [-0.1, -0.05) is 24.3 Å². The third-order valence-electron chi connectivity index (χ3n) is 1.82. The third-order valence-corrected chi connectivity index (χ3v) is 2.04. The van der Waals surface area contributed by atoms with Crippen LogP contribution in [0.5, 0.6) is 0 Å². The molecule has 0 N–H and O–H groups in total. The second-order valence-corrected chi connectivity index (χ2v) is 3.38. The molecule has 15 heavy (non-hydrogen) atoms. The Balaban J connectivity index is 2.73. The van der Waals surface area contributed by atoms with Gasteiger partial charge in [0.25, 0.3) is 0 Å². The van der Waals surface area contributed by atoms with Crippen LogP contribution in [0, 0.1) is 0 Å². The number of halogens is 4. The van der Waals surface area contributed by atoms with Crippen molar-refractivity contribution in [2.45, 2.75) is 12.6 Å². The topological polar surface area (TPSA) is 0 Å². The van der Waals surface area contributed by atoms with E-state index in [1.54, 1.807) is 6.08 Å². The summed E-state index contributed by atoms with van der Waals surface area (Å²) in [5.74, 6) is 0.511. The minimum absolute atomic E-state index is 0.511. The van der Waals surface area contributed by atoms with E-state index in [0.717, 1.165) is 17.7 Å². The monoisotopic (exact) mass is 234 g/mol. The highest BCUT2D eigenvalue weighted by molar-refractivity contribution is 6.17. The maximum absolute atomic E-state index is 12.2. The van der Waals surface area contributed by atoms with Crippen LogP contribution in [0.3, 0.4) is 0 Å². The average Bonchev–Trinajstić information content (AvgIpc) is 2.18. The van der Waals surface area contributed by atoms with Gasteiger partial charge in [-0.3, -0.25) is 0 Å². The van der Waals surface area contributed by atoms with Gasteiger partial charge in [0.1, 0.15) is 0 Å². The summed E-state index contributed by atoms with van der Waals surface area (Å²) in [5, 5.41) is 0. The molecule has 0 aliphatic rings. The molecule has 0 nitrogen and oxygen atoms in total. The van der Waals surface area contributed by atoms with E-state index in [4.69, 9.17) is 11.6 Å². The van der Waals surface area contributed by atoms with E-state index in [2.05, 4.69) is 0 Å². The summed E-state index contributed by atoms with van der Waals surface area (Å²) < 4.78 is 36.6. The Hall–Kier alpha value is -0.960. The van der Waals surface area contributed by atoms with E-state index in [9.17, 15) is 13.2 Å². The fourth-order valence-corrected chi connectivity index (χ4v) is 1.19. The highest BCUT2D eigenvalue weighted by atomic mass is 35.5. The van der Waals surface area contributed by atoms with Crippen LogP contribution in [0.4, 0.5) is 13.2 Å². The lowest BCUT2D eigenvalue weighted by Gasteiger charge is -2.05. The number of alkyl halides is 4. The molecule has 0 bridgehead atoms. The molecule has 0 aliphatic carbocycles. The van der Waals surface area contributed by atoms with Crippen LogP contribution >= 0.6 is 11.6 Å². The third kappa shape index (κ3) is 3.96. The van der Waals surface area contributed by atoms with Gasteiger partial charge in [-0.15, -0.1) is 11.6 Å². The van der Waals surface area contributed by atoms with Crippen molar-refractivity contribution in [3.63, 3.8) is 0 Å². The molecule has 0 fully saturated rings. The second kappa shape index (κ2) is 5.21. The molecule has 0 radical (unpaired) electrons. The molecular weight excluding hydrogens is 225 g/mol. The Bertz CT molecular complexity index is 325. The van der Waals surface area contributed by atoms with Crippen molar-refractivity contribution in [2.75, 3.05) is 5.88 Å². The number of allylic oxidation sites excluding steroid dienone is 1. The van der Waals surface area contributed by atoms with Gasteiger partial charge in [-0.05, 0) is 24.1 Å². The van der Waals surface area contributed by atoms with Gasteiger partial charge in [0.2, 0.25) is 0 Å². The first-order chi connectivity index (χ1) is 7.04. The summed E-state index contributed by atoms with van der Waals surface area (Å²) >= 11 is 5.45. The Morgan fingerprint density at radius 2 is 1.73 bits per heavy atom.